The van der Waals surface area contributed by atoms with E-state index in [0.29, 0.717) is 0 Å². The molecule has 0 aliphatic carbocycles. The number of rotatable bonds is 2. The highest BCUT2D eigenvalue weighted by atomic mass is 19.1. The molecule has 11 heavy (non-hydrogen) atoms. The van der Waals surface area contributed by atoms with Gasteiger partial charge in [-0.15, -0.1) is 0 Å². The molecule has 2 heteroatoms. The smallest absolute Gasteiger partial charge is 0.123 e. The molecule has 0 saturated carbocycles. The molecule has 0 saturated heterocycles. The summed E-state index contributed by atoms with van der Waals surface area (Å²) in [5.41, 5.74) is 0.840. The second kappa shape index (κ2) is 3.49. The highest BCUT2D eigenvalue weighted by Crippen LogP contribution is 2.14. The van der Waals surface area contributed by atoms with E-state index in [1.54, 1.807) is 6.07 Å². The van der Waals surface area contributed by atoms with Crippen LogP contribution in [0.5, 0.6) is 0 Å². The van der Waals surface area contributed by atoms with E-state index in [4.69, 9.17) is 5.11 Å². The average molecular weight is 154 g/mol. The minimum Gasteiger partial charge on any atom is -0.396 e. The number of aliphatic hydroxyl groups excluding tert-OH is 1. The molecule has 1 nitrogen and oxygen atoms in total. The molecule has 0 bridgehead atoms. The van der Waals surface area contributed by atoms with Crippen molar-refractivity contribution < 1.29 is 9.50 Å². The largest absolute Gasteiger partial charge is 0.396 e. The van der Waals surface area contributed by atoms with Crippen molar-refractivity contribution in [2.24, 2.45) is 0 Å². The summed E-state index contributed by atoms with van der Waals surface area (Å²) in [4.78, 5) is 0. The summed E-state index contributed by atoms with van der Waals surface area (Å²) < 4.78 is 12.6. The average Bonchev–Trinajstić information content (AvgIpc) is 2.03. The highest BCUT2D eigenvalue weighted by molar-refractivity contribution is 5.19. The molecule has 1 aromatic rings. The Hall–Kier alpha value is -0.890. The molecule has 1 atom stereocenters. The summed E-state index contributed by atoms with van der Waals surface area (Å²) in [6.07, 6.45) is 0. The van der Waals surface area contributed by atoms with Gasteiger partial charge in [0.1, 0.15) is 5.82 Å². The molecule has 1 rings (SSSR count). The van der Waals surface area contributed by atoms with Crippen molar-refractivity contribution in [3.05, 3.63) is 35.6 Å². The van der Waals surface area contributed by atoms with Crippen molar-refractivity contribution in [1.29, 1.82) is 0 Å². The van der Waals surface area contributed by atoms with Crippen LogP contribution in [0.15, 0.2) is 24.3 Å². The van der Waals surface area contributed by atoms with Crippen LogP contribution in [0, 0.1) is 5.82 Å². The lowest BCUT2D eigenvalue weighted by molar-refractivity contribution is 0.273. The van der Waals surface area contributed by atoms with Gasteiger partial charge in [-0.3, -0.25) is 0 Å². The monoisotopic (exact) mass is 154 g/mol. The van der Waals surface area contributed by atoms with E-state index in [0.717, 1.165) is 5.56 Å². The van der Waals surface area contributed by atoms with Gasteiger partial charge in [0.05, 0.1) is 0 Å². The van der Waals surface area contributed by atoms with Crippen LogP contribution in [-0.2, 0) is 0 Å². The third kappa shape index (κ3) is 2.02. The SMILES string of the molecule is C[C@@H](CO)c1cccc(F)c1. The fraction of sp³-hybridized carbons (Fsp3) is 0.333. The molecule has 1 aromatic carbocycles. The van der Waals surface area contributed by atoms with E-state index in [-0.39, 0.29) is 18.3 Å². The van der Waals surface area contributed by atoms with Gasteiger partial charge in [-0.25, -0.2) is 4.39 Å². The number of hydrogen-bond acceptors (Lipinski definition) is 1. The van der Waals surface area contributed by atoms with Crippen LogP contribution in [0.25, 0.3) is 0 Å². The van der Waals surface area contributed by atoms with Crippen LogP contribution < -0.4 is 0 Å². The number of benzene rings is 1. The summed E-state index contributed by atoms with van der Waals surface area (Å²) in [7, 11) is 0. The number of aliphatic hydroxyl groups is 1. The molecule has 0 radical (unpaired) electrons. The van der Waals surface area contributed by atoms with Crippen molar-refractivity contribution in [3.8, 4) is 0 Å². The Bertz CT molecular complexity index is 235. The third-order valence-electron chi connectivity index (χ3n) is 1.69. The standard InChI is InChI=1S/C9H11FO/c1-7(6-11)8-3-2-4-9(10)5-8/h2-5,7,11H,6H2,1H3/t7-/m0/s1. The second-order valence-electron chi connectivity index (χ2n) is 2.64. The van der Waals surface area contributed by atoms with E-state index in [1.165, 1.54) is 12.1 Å². The van der Waals surface area contributed by atoms with Crippen molar-refractivity contribution >= 4 is 0 Å². The molecule has 0 fully saturated rings. The Balaban J connectivity index is 2.86. The Labute approximate surface area is 65.5 Å². The first-order valence-electron chi connectivity index (χ1n) is 3.60. The zero-order chi connectivity index (χ0) is 8.27. The first-order valence-corrected chi connectivity index (χ1v) is 3.60. The predicted octanol–water partition coefficient (Wildman–Crippen LogP) is 1.92. The molecule has 0 unspecified atom stereocenters. The van der Waals surface area contributed by atoms with E-state index < -0.39 is 0 Å². The zero-order valence-corrected chi connectivity index (χ0v) is 6.42. The Morgan fingerprint density at radius 2 is 2.27 bits per heavy atom. The summed E-state index contributed by atoms with van der Waals surface area (Å²) in [5, 5.41) is 8.76. The van der Waals surface area contributed by atoms with E-state index in [9.17, 15) is 4.39 Å². The van der Waals surface area contributed by atoms with Gasteiger partial charge in [-0.05, 0) is 17.7 Å². The summed E-state index contributed by atoms with van der Waals surface area (Å²) >= 11 is 0. The molecule has 0 spiro atoms. The zero-order valence-electron chi connectivity index (χ0n) is 6.42. The minimum absolute atomic E-state index is 0.0192. The lowest BCUT2D eigenvalue weighted by atomic mass is 10.0. The third-order valence-corrected chi connectivity index (χ3v) is 1.69. The summed E-state index contributed by atoms with van der Waals surface area (Å²) in [5.74, 6) is -0.228. The first kappa shape index (κ1) is 8.21. The number of hydrogen-bond donors (Lipinski definition) is 1. The van der Waals surface area contributed by atoms with Gasteiger partial charge in [0, 0.05) is 12.5 Å². The van der Waals surface area contributed by atoms with E-state index in [1.807, 2.05) is 13.0 Å². The Morgan fingerprint density at radius 3 is 2.82 bits per heavy atom. The minimum atomic E-state index is -0.247. The van der Waals surface area contributed by atoms with Gasteiger partial charge in [-0.1, -0.05) is 19.1 Å². The topological polar surface area (TPSA) is 20.2 Å². The van der Waals surface area contributed by atoms with Gasteiger partial charge in [-0.2, -0.15) is 0 Å². The van der Waals surface area contributed by atoms with Gasteiger partial charge >= 0.3 is 0 Å². The predicted molar refractivity (Wildman–Crippen MR) is 41.9 cm³/mol. The second-order valence-corrected chi connectivity index (χ2v) is 2.64. The van der Waals surface area contributed by atoms with Gasteiger partial charge < -0.3 is 5.11 Å². The highest BCUT2D eigenvalue weighted by Gasteiger charge is 2.03. The fourth-order valence-corrected chi connectivity index (χ4v) is 0.919. The Kier molecular flexibility index (Phi) is 2.60. The van der Waals surface area contributed by atoms with Crippen molar-refractivity contribution in [2.75, 3.05) is 6.61 Å². The Morgan fingerprint density at radius 1 is 1.55 bits per heavy atom. The quantitative estimate of drug-likeness (QED) is 0.690. The fourth-order valence-electron chi connectivity index (χ4n) is 0.919. The molecule has 0 heterocycles. The van der Waals surface area contributed by atoms with Gasteiger partial charge in [0.15, 0.2) is 0 Å². The van der Waals surface area contributed by atoms with E-state index >= 15 is 0 Å². The van der Waals surface area contributed by atoms with Crippen LogP contribution in [0.2, 0.25) is 0 Å². The van der Waals surface area contributed by atoms with Crippen LogP contribution >= 0.6 is 0 Å². The van der Waals surface area contributed by atoms with Crippen LogP contribution in [0.4, 0.5) is 4.39 Å². The van der Waals surface area contributed by atoms with Crippen LogP contribution in [-0.4, -0.2) is 11.7 Å². The molecule has 1 N–H and O–H groups in total. The summed E-state index contributed by atoms with van der Waals surface area (Å²) in [6, 6.07) is 6.30. The lowest BCUT2D eigenvalue weighted by Gasteiger charge is -2.06. The summed E-state index contributed by atoms with van der Waals surface area (Å²) in [6.45, 7) is 1.91. The van der Waals surface area contributed by atoms with Crippen LogP contribution in [0.3, 0.4) is 0 Å². The van der Waals surface area contributed by atoms with Crippen molar-refractivity contribution in [3.63, 3.8) is 0 Å². The molecular weight excluding hydrogens is 143 g/mol. The van der Waals surface area contributed by atoms with Crippen LogP contribution in [0.1, 0.15) is 18.4 Å². The van der Waals surface area contributed by atoms with Crippen molar-refractivity contribution in [1.82, 2.24) is 0 Å². The molecule has 0 aromatic heterocycles. The molecular formula is C9H11FO. The maximum atomic E-state index is 12.6. The van der Waals surface area contributed by atoms with E-state index in [2.05, 4.69) is 0 Å². The lowest BCUT2D eigenvalue weighted by Crippen LogP contribution is -1.98. The number of halogens is 1. The molecule has 60 valence electrons. The normalized spacial score (nSPS) is 13.0. The first-order chi connectivity index (χ1) is 5.24. The maximum absolute atomic E-state index is 12.6. The molecule has 0 aliphatic heterocycles. The van der Waals surface area contributed by atoms with Gasteiger partial charge in [0.2, 0.25) is 0 Å². The van der Waals surface area contributed by atoms with Gasteiger partial charge in [0.25, 0.3) is 0 Å². The van der Waals surface area contributed by atoms with Crippen molar-refractivity contribution in [2.45, 2.75) is 12.8 Å². The maximum Gasteiger partial charge on any atom is 0.123 e. The molecule has 0 amide bonds. The molecule has 0 aliphatic rings.